The van der Waals surface area contributed by atoms with E-state index in [1.165, 1.54) is 82.6 Å². The summed E-state index contributed by atoms with van der Waals surface area (Å²) in [6, 6.07) is 8.13. The van der Waals surface area contributed by atoms with Crippen LogP contribution < -0.4 is 0 Å². The maximum Gasteiger partial charge on any atom is 0.218 e. The average Bonchev–Trinajstić information content (AvgIpc) is 2.82. The van der Waals surface area contributed by atoms with Gasteiger partial charge in [0.2, 0.25) is 10.4 Å². The van der Waals surface area contributed by atoms with Gasteiger partial charge < -0.3 is 9.29 Å². The van der Waals surface area contributed by atoms with Gasteiger partial charge in [-0.3, -0.25) is 4.18 Å². The number of rotatable bonds is 21. The van der Waals surface area contributed by atoms with E-state index in [0.717, 1.165) is 31.4 Å². The zero-order valence-electron chi connectivity index (χ0n) is 21.8. The van der Waals surface area contributed by atoms with Crippen LogP contribution in [0.25, 0.3) is 0 Å². The van der Waals surface area contributed by atoms with Crippen LogP contribution in [0.2, 0.25) is 0 Å². The molecular weight excluding hydrogens is 462 g/mol. The van der Waals surface area contributed by atoms with E-state index in [2.05, 4.69) is 13.0 Å². The molecule has 200 valence electrons. The van der Waals surface area contributed by atoms with Gasteiger partial charge in [-0.05, 0) is 18.1 Å². The van der Waals surface area contributed by atoms with Gasteiger partial charge in [-0.15, -0.1) is 0 Å². The Morgan fingerprint density at radius 2 is 1.46 bits per heavy atom. The van der Waals surface area contributed by atoms with Crippen LogP contribution in [0.15, 0.2) is 24.3 Å². The fourth-order valence-electron chi connectivity index (χ4n) is 4.71. The highest BCUT2D eigenvalue weighted by molar-refractivity contribution is 7.80. The number of unbranched alkanes of at least 4 members (excludes halogenated alkanes) is 13. The van der Waals surface area contributed by atoms with Crippen molar-refractivity contribution in [2.75, 3.05) is 26.3 Å². The van der Waals surface area contributed by atoms with Crippen molar-refractivity contribution in [1.82, 2.24) is 0 Å². The standard InChI is InChI=1S/C28H47NO5S/c1-2-3-4-5-6-7-8-9-10-11-12-13-14-17-22-33-25-28(34-35(30,31)32)24-29-21-20-26-18-15-16-19-27(26)23-29/h15-16,18-19,23,28H,2-14,17,20-22,24-25H2,1H3. The van der Waals surface area contributed by atoms with Crippen molar-refractivity contribution in [1.29, 1.82) is 0 Å². The summed E-state index contributed by atoms with van der Waals surface area (Å²) < 4.78 is 46.1. The lowest BCUT2D eigenvalue weighted by Gasteiger charge is -2.20. The maximum atomic E-state index is 11.2. The lowest BCUT2D eigenvalue weighted by Crippen LogP contribution is -2.36. The third-order valence-corrected chi connectivity index (χ3v) is 7.19. The third kappa shape index (κ3) is 14.8. The van der Waals surface area contributed by atoms with Crippen molar-refractivity contribution in [3.8, 4) is 0 Å². The maximum absolute atomic E-state index is 11.2. The van der Waals surface area contributed by atoms with Gasteiger partial charge in [-0.2, -0.15) is 0 Å². The van der Waals surface area contributed by atoms with Gasteiger partial charge in [0, 0.05) is 18.6 Å². The van der Waals surface area contributed by atoms with Crippen LogP contribution in [0.3, 0.4) is 0 Å². The van der Waals surface area contributed by atoms with Crippen molar-refractivity contribution in [2.24, 2.45) is 0 Å². The largest absolute Gasteiger partial charge is 0.726 e. The molecule has 6 nitrogen and oxygen atoms in total. The number of hydrogen-bond acceptors (Lipinski definition) is 5. The highest BCUT2D eigenvalue weighted by atomic mass is 32.3. The lowest BCUT2D eigenvalue weighted by molar-refractivity contribution is -0.532. The molecule has 0 fully saturated rings. The van der Waals surface area contributed by atoms with E-state index in [4.69, 9.17) is 8.92 Å². The third-order valence-electron chi connectivity index (χ3n) is 6.68. The van der Waals surface area contributed by atoms with Gasteiger partial charge in [-0.1, -0.05) is 109 Å². The van der Waals surface area contributed by atoms with E-state index in [1.54, 1.807) is 0 Å². The first-order valence-corrected chi connectivity index (χ1v) is 15.2. The summed E-state index contributed by atoms with van der Waals surface area (Å²) in [5.74, 6) is 0. The molecule has 1 heterocycles. The van der Waals surface area contributed by atoms with Gasteiger partial charge in [0.05, 0.1) is 6.61 Å². The van der Waals surface area contributed by atoms with E-state index >= 15 is 0 Å². The molecule has 7 heteroatoms. The van der Waals surface area contributed by atoms with Crippen LogP contribution >= 0.6 is 0 Å². The molecule has 0 amide bonds. The molecule has 0 saturated carbocycles. The molecule has 2 rings (SSSR count). The Bertz CT molecular complexity index is 824. The first-order chi connectivity index (χ1) is 17.0. The van der Waals surface area contributed by atoms with E-state index in [0.29, 0.717) is 13.2 Å². The molecule has 1 aliphatic rings. The lowest BCUT2D eigenvalue weighted by atomic mass is 10.0. The Labute approximate surface area is 214 Å². The zero-order valence-corrected chi connectivity index (χ0v) is 22.6. The summed E-state index contributed by atoms with van der Waals surface area (Å²) in [5, 5.41) is 0. The second kappa shape index (κ2) is 18.0. The molecule has 1 atom stereocenters. The topological polar surface area (TPSA) is 78.7 Å². The molecule has 0 aliphatic carbocycles. The highest BCUT2D eigenvalue weighted by Crippen LogP contribution is 2.14. The normalized spacial score (nSPS) is 14.5. The van der Waals surface area contributed by atoms with E-state index in [-0.39, 0.29) is 6.61 Å². The van der Waals surface area contributed by atoms with Crippen LogP contribution in [0, 0.1) is 0 Å². The Morgan fingerprint density at radius 1 is 0.886 bits per heavy atom. The predicted molar refractivity (Wildman–Crippen MR) is 141 cm³/mol. The van der Waals surface area contributed by atoms with Crippen LogP contribution in [-0.4, -0.2) is 56.2 Å². The van der Waals surface area contributed by atoms with Crippen LogP contribution in [0.4, 0.5) is 0 Å². The number of fused-ring (bicyclic) bond motifs is 1. The highest BCUT2D eigenvalue weighted by Gasteiger charge is 2.23. The van der Waals surface area contributed by atoms with Gasteiger partial charge in [0.25, 0.3) is 0 Å². The van der Waals surface area contributed by atoms with Crippen molar-refractivity contribution in [2.45, 2.75) is 109 Å². The molecule has 0 spiro atoms. The first kappa shape index (κ1) is 29.9. The second-order valence-electron chi connectivity index (χ2n) is 9.87. The van der Waals surface area contributed by atoms with Crippen LogP contribution in [0.5, 0.6) is 0 Å². The van der Waals surface area contributed by atoms with Crippen molar-refractivity contribution >= 4 is 16.6 Å². The minimum absolute atomic E-state index is 0.103. The summed E-state index contributed by atoms with van der Waals surface area (Å²) in [6.07, 6.45) is 20.3. The van der Waals surface area contributed by atoms with Gasteiger partial charge in [0.1, 0.15) is 6.54 Å². The van der Waals surface area contributed by atoms with E-state index in [1.807, 2.05) is 29.0 Å². The number of benzene rings is 1. The van der Waals surface area contributed by atoms with Gasteiger partial charge >= 0.3 is 0 Å². The van der Waals surface area contributed by atoms with Gasteiger partial charge in [0.15, 0.2) is 18.9 Å². The summed E-state index contributed by atoms with van der Waals surface area (Å²) >= 11 is 0. The second-order valence-corrected chi connectivity index (χ2v) is 10.9. The van der Waals surface area contributed by atoms with Crippen molar-refractivity contribution < 1.29 is 26.5 Å². The average molecular weight is 510 g/mol. The smallest absolute Gasteiger partial charge is 0.218 e. The van der Waals surface area contributed by atoms with Crippen molar-refractivity contribution in [3.63, 3.8) is 0 Å². The first-order valence-electron chi connectivity index (χ1n) is 13.9. The Kier molecular flexibility index (Phi) is 15.4. The number of nitrogens with zero attached hydrogens (tertiary/aromatic N) is 1. The molecule has 35 heavy (non-hydrogen) atoms. The number of ether oxygens (including phenoxy) is 1. The molecule has 0 bridgehead atoms. The molecule has 1 aromatic rings. The summed E-state index contributed by atoms with van der Waals surface area (Å²) in [6.45, 7) is 4.00. The van der Waals surface area contributed by atoms with Gasteiger partial charge in [-0.25, -0.2) is 13.0 Å². The molecule has 1 aromatic carbocycles. The Morgan fingerprint density at radius 3 is 2.06 bits per heavy atom. The molecule has 0 aromatic heterocycles. The minimum Gasteiger partial charge on any atom is -0.726 e. The van der Waals surface area contributed by atoms with Crippen molar-refractivity contribution in [3.05, 3.63) is 35.4 Å². The molecule has 1 unspecified atom stereocenters. The fourth-order valence-corrected chi connectivity index (χ4v) is 5.16. The summed E-state index contributed by atoms with van der Waals surface area (Å²) in [4.78, 5) is 0. The van der Waals surface area contributed by atoms with E-state index < -0.39 is 16.5 Å². The molecule has 0 saturated heterocycles. The minimum atomic E-state index is -4.78. The van der Waals surface area contributed by atoms with Crippen LogP contribution in [0.1, 0.15) is 108 Å². The van der Waals surface area contributed by atoms with E-state index in [9.17, 15) is 13.0 Å². The molecule has 1 aliphatic heterocycles. The number of hydrogen-bond donors (Lipinski definition) is 0. The summed E-state index contributed by atoms with van der Waals surface area (Å²) in [7, 11) is -4.78. The Balaban J connectivity index is 1.52. The molecular formula is C28H47NO5S. The summed E-state index contributed by atoms with van der Waals surface area (Å²) in [5.41, 5.74) is 2.39. The molecule has 0 N–H and O–H groups in total. The quantitative estimate of drug-likeness (QED) is 0.0876. The zero-order chi connectivity index (χ0) is 25.2. The molecule has 0 radical (unpaired) electrons. The monoisotopic (exact) mass is 509 g/mol. The fraction of sp³-hybridized carbons (Fsp3) is 0.750. The van der Waals surface area contributed by atoms with Crippen LogP contribution in [-0.2, 0) is 25.7 Å². The Hall–Kier alpha value is -1.28. The SMILES string of the molecule is CCCCCCCCCCCCCCCCOCC(C[N+]1=Cc2ccccc2CC1)OS(=O)(=O)[O-]. The predicted octanol–water partition coefficient (Wildman–Crippen LogP) is 6.02.